The third-order valence-electron chi connectivity index (χ3n) is 4.55. The van der Waals surface area contributed by atoms with Gasteiger partial charge in [-0.05, 0) is 24.5 Å². The summed E-state index contributed by atoms with van der Waals surface area (Å²) >= 11 is 0. The second-order valence-electron chi connectivity index (χ2n) is 6.22. The summed E-state index contributed by atoms with van der Waals surface area (Å²) in [5, 5.41) is 4.42. The van der Waals surface area contributed by atoms with Crippen molar-refractivity contribution in [1.29, 1.82) is 0 Å². The second kappa shape index (κ2) is 6.33. The predicted octanol–water partition coefficient (Wildman–Crippen LogP) is 3.56. The number of benzene rings is 1. The zero-order valence-corrected chi connectivity index (χ0v) is 12.8. The molecule has 1 aromatic heterocycles. The van der Waals surface area contributed by atoms with Crippen LogP contribution in [-0.4, -0.2) is 16.5 Å². The van der Waals surface area contributed by atoms with E-state index in [1.807, 2.05) is 19.2 Å². The van der Waals surface area contributed by atoms with Gasteiger partial charge in [-0.2, -0.15) is 0 Å². The highest BCUT2D eigenvalue weighted by Gasteiger charge is 2.16. The Balaban J connectivity index is 1.68. The van der Waals surface area contributed by atoms with Crippen LogP contribution in [-0.2, 0) is 18.3 Å². The number of nitrogens with zero attached hydrogens (tertiary/aromatic N) is 1. The normalized spacial score (nSPS) is 16.8. The van der Waals surface area contributed by atoms with Gasteiger partial charge in [-0.15, -0.1) is 0 Å². The van der Waals surface area contributed by atoms with Crippen LogP contribution in [0.3, 0.4) is 0 Å². The van der Waals surface area contributed by atoms with E-state index in [4.69, 9.17) is 0 Å². The van der Waals surface area contributed by atoms with Crippen LogP contribution in [0.15, 0.2) is 30.5 Å². The Labute approximate surface area is 126 Å². The van der Waals surface area contributed by atoms with Crippen LogP contribution in [0.1, 0.15) is 44.1 Å². The third-order valence-corrected chi connectivity index (χ3v) is 4.55. The van der Waals surface area contributed by atoms with E-state index in [1.54, 1.807) is 0 Å². The second-order valence-corrected chi connectivity index (χ2v) is 6.22. The summed E-state index contributed by atoms with van der Waals surface area (Å²) in [6.07, 6.45) is 9.97. The van der Waals surface area contributed by atoms with Crippen LogP contribution >= 0.6 is 0 Å². The molecule has 1 aromatic carbocycles. The lowest BCUT2D eigenvalue weighted by Gasteiger charge is -2.16. The number of rotatable bonds is 3. The van der Waals surface area contributed by atoms with Crippen molar-refractivity contribution in [2.45, 2.75) is 51.0 Å². The lowest BCUT2D eigenvalue weighted by Crippen LogP contribution is -2.35. The average Bonchev–Trinajstić information content (AvgIpc) is 2.67. The van der Waals surface area contributed by atoms with Crippen molar-refractivity contribution < 1.29 is 4.79 Å². The minimum Gasteiger partial charge on any atom is -0.353 e. The monoisotopic (exact) mass is 284 g/mol. The van der Waals surface area contributed by atoms with E-state index in [-0.39, 0.29) is 5.91 Å². The van der Waals surface area contributed by atoms with Gasteiger partial charge < -0.3 is 9.88 Å². The van der Waals surface area contributed by atoms with E-state index in [0.717, 1.165) is 18.4 Å². The van der Waals surface area contributed by atoms with E-state index in [2.05, 4.69) is 28.2 Å². The molecule has 1 N–H and O–H groups in total. The van der Waals surface area contributed by atoms with Gasteiger partial charge in [-0.1, -0.05) is 43.9 Å². The predicted molar refractivity (Wildman–Crippen MR) is 86.3 cm³/mol. The van der Waals surface area contributed by atoms with E-state index in [9.17, 15) is 4.79 Å². The Bertz CT molecular complexity index is 621. The quantitative estimate of drug-likeness (QED) is 0.859. The Morgan fingerprint density at radius 3 is 2.67 bits per heavy atom. The number of aromatic nitrogens is 1. The van der Waals surface area contributed by atoms with Crippen molar-refractivity contribution in [2.24, 2.45) is 7.05 Å². The Kier molecular flexibility index (Phi) is 4.28. The van der Waals surface area contributed by atoms with Gasteiger partial charge in [-0.25, -0.2) is 0 Å². The zero-order chi connectivity index (χ0) is 14.7. The summed E-state index contributed by atoms with van der Waals surface area (Å²) in [6.45, 7) is 0. The van der Waals surface area contributed by atoms with Gasteiger partial charge in [-0.3, -0.25) is 4.79 Å². The maximum absolute atomic E-state index is 12.3. The molecule has 1 aliphatic carbocycles. The number of nitrogens with one attached hydrogen (secondary N) is 1. The highest BCUT2D eigenvalue weighted by molar-refractivity contribution is 5.89. The lowest BCUT2D eigenvalue weighted by molar-refractivity contribution is -0.121. The molecule has 0 atom stereocenters. The van der Waals surface area contributed by atoms with Crippen molar-refractivity contribution in [3.63, 3.8) is 0 Å². The molecule has 2 aromatic rings. The Morgan fingerprint density at radius 2 is 1.90 bits per heavy atom. The van der Waals surface area contributed by atoms with E-state index in [0.29, 0.717) is 12.5 Å². The van der Waals surface area contributed by atoms with E-state index >= 15 is 0 Å². The molecule has 0 saturated heterocycles. The Morgan fingerprint density at radius 1 is 1.19 bits per heavy atom. The van der Waals surface area contributed by atoms with Crippen LogP contribution in [0.25, 0.3) is 10.9 Å². The van der Waals surface area contributed by atoms with Gasteiger partial charge in [0.1, 0.15) is 0 Å². The van der Waals surface area contributed by atoms with Crippen molar-refractivity contribution in [1.82, 2.24) is 9.88 Å². The van der Waals surface area contributed by atoms with Gasteiger partial charge in [0, 0.05) is 30.2 Å². The maximum Gasteiger partial charge on any atom is 0.224 e. The minimum absolute atomic E-state index is 0.165. The highest BCUT2D eigenvalue weighted by Crippen LogP contribution is 2.21. The lowest BCUT2D eigenvalue weighted by atomic mass is 10.1. The average molecular weight is 284 g/mol. The first-order valence-corrected chi connectivity index (χ1v) is 8.06. The molecule has 112 valence electrons. The summed E-state index contributed by atoms with van der Waals surface area (Å²) in [7, 11) is 2.04. The molecule has 1 heterocycles. The first-order valence-electron chi connectivity index (χ1n) is 8.06. The first-order chi connectivity index (χ1) is 10.2. The molecule has 3 nitrogen and oxygen atoms in total. The molecule has 1 amide bonds. The van der Waals surface area contributed by atoms with Gasteiger partial charge >= 0.3 is 0 Å². The van der Waals surface area contributed by atoms with Gasteiger partial charge in [0.15, 0.2) is 0 Å². The van der Waals surface area contributed by atoms with Gasteiger partial charge in [0.25, 0.3) is 0 Å². The molecule has 3 rings (SSSR count). The van der Waals surface area contributed by atoms with Crippen LogP contribution in [0.2, 0.25) is 0 Å². The molecule has 1 fully saturated rings. The summed E-state index contributed by atoms with van der Waals surface area (Å²) in [5.41, 5.74) is 2.31. The Hall–Kier alpha value is -1.77. The molecular formula is C18H24N2O. The van der Waals surface area contributed by atoms with Crippen LogP contribution in [0.5, 0.6) is 0 Å². The molecule has 1 aliphatic rings. The number of carbonyl (C=O) groups is 1. The maximum atomic E-state index is 12.3. The SMILES string of the molecule is Cn1cc(CC(=O)NC2CCCCCC2)c2ccccc21. The number of hydrogen-bond acceptors (Lipinski definition) is 1. The largest absolute Gasteiger partial charge is 0.353 e. The molecule has 3 heteroatoms. The number of para-hydroxylation sites is 1. The number of aryl methyl sites for hydroxylation is 1. The first kappa shape index (κ1) is 14.2. The fraction of sp³-hybridized carbons (Fsp3) is 0.500. The molecule has 1 saturated carbocycles. The molecule has 0 unspecified atom stereocenters. The van der Waals surface area contributed by atoms with E-state index in [1.165, 1.54) is 36.6 Å². The summed E-state index contributed by atoms with van der Waals surface area (Å²) < 4.78 is 2.10. The molecule has 0 bridgehead atoms. The van der Waals surface area contributed by atoms with Gasteiger partial charge in [0.05, 0.1) is 6.42 Å². The van der Waals surface area contributed by atoms with Gasteiger partial charge in [0.2, 0.25) is 5.91 Å². The zero-order valence-electron chi connectivity index (χ0n) is 12.8. The summed E-state index contributed by atoms with van der Waals surface area (Å²) in [5.74, 6) is 0.165. The highest BCUT2D eigenvalue weighted by atomic mass is 16.1. The van der Waals surface area contributed by atoms with Crippen LogP contribution in [0.4, 0.5) is 0 Å². The number of amides is 1. The van der Waals surface area contributed by atoms with Crippen LogP contribution < -0.4 is 5.32 Å². The minimum atomic E-state index is 0.165. The van der Waals surface area contributed by atoms with Crippen molar-refractivity contribution in [2.75, 3.05) is 0 Å². The summed E-state index contributed by atoms with van der Waals surface area (Å²) in [4.78, 5) is 12.3. The fourth-order valence-corrected chi connectivity index (χ4v) is 3.44. The topological polar surface area (TPSA) is 34.0 Å². The fourth-order valence-electron chi connectivity index (χ4n) is 3.44. The third kappa shape index (κ3) is 3.29. The smallest absolute Gasteiger partial charge is 0.224 e. The number of fused-ring (bicyclic) bond motifs is 1. The molecular weight excluding hydrogens is 260 g/mol. The summed E-state index contributed by atoms with van der Waals surface area (Å²) in [6, 6.07) is 8.66. The number of hydrogen-bond donors (Lipinski definition) is 1. The van der Waals surface area contributed by atoms with Crippen molar-refractivity contribution >= 4 is 16.8 Å². The standard InChI is InChI=1S/C18H24N2O/c1-20-13-14(16-10-6-7-11-17(16)20)12-18(21)19-15-8-4-2-3-5-9-15/h6-7,10-11,13,15H,2-5,8-9,12H2,1H3,(H,19,21). The van der Waals surface area contributed by atoms with Crippen molar-refractivity contribution in [3.8, 4) is 0 Å². The van der Waals surface area contributed by atoms with Crippen molar-refractivity contribution in [3.05, 3.63) is 36.0 Å². The molecule has 21 heavy (non-hydrogen) atoms. The molecule has 0 radical (unpaired) electrons. The van der Waals surface area contributed by atoms with E-state index < -0.39 is 0 Å². The van der Waals surface area contributed by atoms with Crippen LogP contribution in [0, 0.1) is 0 Å². The molecule has 0 aliphatic heterocycles. The molecule has 0 spiro atoms. The number of carbonyl (C=O) groups excluding carboxylic acids is 1.